The lowest BCUT2D eigenvalue weighted by atomic mass is 10.0. The molecule has 4 nitrogen and oxygen atoms in total. The van der Waals surface area contributed by atoms with Crippen LogP contribution in [0.25, 0.3) is 0 Å². The molecule has 3 heterocycles. The number of rotatable bonds is 2. The van der Waals surface area contributed by atoms with E-state index in [-0.39, 0.29) is 12.2 Å². The fraction of sp³-hybridized carbons (Fsp3) is 0.333. The van der Waals surface area contributed by atoms with Crippen LogP contribution in [0.1, 0.15) is 28.9 Å². The average Bonchev–Trinajstić information content (AvgIpc) is 3.10. The summed E-state index contributed by atoms with van der Waals surface area (Å²) in [6.45, 7) is 3.16. The minimum Gasteiger partial charge on any atom is -0.454 e. The van der Waals surface area contributed by atoms with Gasteiger partial charge in [0, 0.05) is 19.6 Å². The van der Waals surface area contributed by atoms with Gasteiger partial charge in [-0.3, -0.25) is 4.90 Å². The van der Waals surface area contributed by atoms with Crippen molar-refractivity contribution in [2.75, 3.05) is 19.9 Å². The van der Waals surface area contributed by atoms with Crippen molar-refractivity contribution in [3.05, 3.63) is 59.2 Å². The highest BCUT2D eigenvalue weighted by Crippen LogP contribution is 2.48. The minimum atomic E-state index is 0.145. The number of fused-ring (bicyclic) bond motifs is 6. The molecular weight excluding hydrogens is 278 g/mol. The molecule has 3 aliphatic heterocycles. The van der Waals surface area contributed by atoms with E-state index in [2.05, 4.69) is 47.4 Å². The largest absolute Gasteiger partial charge is 0.454 e. The molecule has 2 aromatic rings. The molecule has 112 valence electrons. The molecule has 1 saturated heterocycles. The number of hydrogen-bond acceptors (Lipinski definition) is 4. The first-order valence-electron chi connectivity index (χ1n) is 7.72. The Morgan fingerprint density at radius 2 is 1.55 bits per heavy atom. The Hall–Kier alpha value is -2.04. The molecule has 2 aromatic carbocycles. The highest BCUT2D eigenvalue weighted by Gasteiger charge is 2.40. The summed E-state index contributed by atoms with van der Waals surface area (Å²) in [7, 11) is 0. The molecule has 0 aromatic heterocycles. The Bertz CT molecular complexity index is 677. The maximum absolute atomic E-state index is 6.16. The van der Waals surface area contributed by atoms with Crippen molar-refractivity contribution in [1.29, 1.82) is 0 Å². The smallest absolute Gasteiger partial charge is 0.231 e. The van der Waals surface area contributed by atoms with E-state index in [9.17, 15) is 0 Å². The minimum absolute atomic E-state index is 0.145. The van der Waals surface area contributed by atoms with Crippen molar-refractivity contribution in [2.45, 2.75) is 18.8 Å². The predicted octanol–water partition coefficient (Wildman–Crippen LogP) is 3.04. The summed E-state index contributed by atoms with van der Waals surface area (Å²) in [4.78, 5) is 2.47. The molecule has 2 unspecified atom stereocenters. The van der Waals surface area contributed by atoms with Gasteiger partial charge < -0.3 is 14.2 Å². The van der Waals surface area contributed by atoms with Crippen molar-refractivity contribution in [3.8, 4) is 11.5 Å². The van der Waals surface area contributed by atoms with Crippen molar-refractivity contribution in [1.82, 2.24) is 4.90 Å². The monoisotopic (exact) mass is 295 g/mol. The molecule has 3 aliphatic rings. The Labute approximate surface area is 129 Å². The normalized spacial score (nSPS) is 25.3. The van der Waals surface area contributed by atoms with Crippen LogP contribution in [-0.4, -0.2) is 24.8 Å². The van der Waals surface area contributed by atoms with E-state index in [1.54, 1.807) is 0 Å². The van der Waals surface area contributed by atoms with Crippen LogP contribution in [-0.2, 0) is 11.3 Å². The lowest BCUT2D eigenvalue weighted by Crippen LogP contribution is -2.35. The topological polar surface area (TPSA) is 30.9 Å². The molecule has 0 amide bonds. The molecule has 2 atom stereocenters. The van der Waals surface area contributed by atoms with Crippen LogP contribution in [0.2, 0.25) is 0 Å². The van der Waals surface area contributed by atoms with Gasteiger partial charge in [0.2, 0.25) is 6.79 Å². The summed E-state index contributed by atoms with van der Waals surface area (Å²) in [5.74, 6) is 1.70. The maximum Gasteiger partial charge on any atom is 0.231 e. The Kier molecular flexibility index (Phi) is 2.69. The maximum atomic E-state index is 6.16. The van der Waals surface area contributed by atoms with Gasteiger partial charge in [-0.05, 0) is 28.8 Å². The van der Waals surface area contributed by atoms with Crippen molar-refractivity contribution in [2.24, 2.45) is 0 Å². The summed E-state index contributed by atoms with van der Waals surface area (Å²) >= 11 is 0. The van der Waals surface area contributed by atoms with E-state index < -0.39 is 0 Å². The average molecular weight is 295 g/mol. The first-order chi connectivity index (χ1) is 10.9. The van der Waals surface area contributed by atoms with E-state index >= 15 is 0 Å². The molecule has 1 fully saturated rings. The van der Waals surface area contributed by atoms with Gasteiger partial charge in [-0.2, -0.15) is 0 Å². The van der Waals surface area contributed by atoms with Crippen LogP contribution in [0.15, 0.2) is 42.5 Å². The van der Waals surface area contributed by atoms with Gasteiger partial charge in [0.05, 0.1) is 12.2 Å². The number of hydrogen-bond donors (Lipinski definition) is 0. The third-order valence-corrected chi connectivity index (χ3v) is 4.70. The first kappa shape index (κ1) is 12.5. The molecule has 0 N–H and O–H groups in total. The van der Waals surface area contributed by atoms with E-state index in [1.165, 1.54) is 16.7 Å². The van der Waals surface area contributed by atoms with Gasteiger partial charge in [0.15, 0.2) is 11.5 Å². The quantitative estimate of drug-likeness (QED) is 0.852. The zero-order chi connectivity index (χ0) is 14.5. The van der Waals surface area contributed by atoms with Crippen molar-refractivity contribution < 1.29 is 14.2 Å². The second-order valence-corrected chi connectivity index (χ2v) is 6.13. The molecule has 0 saturated carbocycles. The number of nitrogens with zero attached hydrogens (tertiary/aromatic N) is 1. The molecule has 0 aliphatic carbocycles. The molecule has 0 spiro atoms. The van der Waals surface area contributed by atoms with E-state index in [4.69, 9.17) is 14.2 Å². The van der Waals surface area contributed by atoms with Gasteiger partial charge in [-0.15, -0.1) is 0 Å². The Morgan fingerprint density at radius 1 is 0.909 bits per heavy atom. The first-order valence-corrected chi connectivity index (χ1v) is 7.72. The van der Waals surface area contributed by atoms with Gasteiger partial charge in [-0.25, -0.2) is 0 Å². The summed E-state index contributed by atoms with van der Waals surface area (Å²) < 4.78 is 17.2. The highest BCUT2D eigenvalue weighted by molar-refractivity contribution is 5.52. The zero-order valence-corrected chi connectivity index (χ0v) is 12.2. The summed E-state index contributed by atoms with van der Waals surface area (Å²) in [5.41, 5.74) is 3.89. The van der Waals surface area contributed by atoms with Crippen LogP contribution < -0.4 is 9.47 Å². The third-order valence-electron chi connectivity index (χ3n) is 4.70. The third kappa shape index (κ3) is 1.91. The van der Waals surface area contributed by atoms with Crippen molar-refractivity contribution >= 4 is 0 Å². The number of ether oxygens (including phenoxy) is 3. The van der Waals surface area contributed by atoms with Crippen LogP contribution in [0.5, 0.6) is 11.5 Å². The van der Waals surface area contributed by atoms with Gasteiger partial charge in [0.1, 0.15) is 0 Å². The Balaban J connectivity index is 1.42. The molecular formula is C18H17NO3. The lowest BCUT2D eigenvalue weighted by molar-refractivity contribution is -0.0704. The molecule has 5 rings (SSSR count). The molecule has 0 radical (unpaired) electrons. The van der Waals surface area contributed by atoms with Crippen LogP contribution in [0.3, 0.4) is 0 Å². The summed E-state index contributed by atoms with van der Waals surface area (Å²) in [5, 5.41) is 0. The van der Waals surface area contributed by atoms with Crippen LogP contribution in [0, 0.1) is 0 Å². The van der Waals surface area contributed by atoms with Gasteiger partial charge in [0.25, 0.3) is 0 Å². The summed E-state index contributed by atoms with van der Waals surface area (Å²) in [6.07, 6.45) is 0.291. The molecule has 4 heteroatoms. The van der Waals surface area contributed by atoms with Crippen LogP contribution in [0.4, 0.5) is 0 Å². The summed E-state index contributed by atoms with van der Waals surface area (Å²) in [6, 6.07) is 14.8. The van der Waals surface area contributed by atoms with E-state index in [0.29, 0.717) is 6.79 Å². The predicted molar refractivity (Wildman–Crippen MR) is 80.9 cm³/mol. The van der Waals surface area contributed by atoms with Crippen LogP contribution >= 0.6 is 0 Å². The Morgan fingerprint density at radius 3 is 2.18 bits per heavy atom. The molecule has 22 heavy (non-hydrogen) atoms. The van der Waals surface area contributed by atoms with Gasteiger partial charge >= 0.3 is 0 Å². The lowest BCUT2D eigenvalue weighted by Gasteiger charge is -2.32. The standard InChI is InChI=1S/C18H17NO3/c1-2-4-12(5-3-1)8-19-9-17-13-6-15-16(21-11-20-15)7-14(13)18(10-19)22-17/h1-7,17-18H,8-11H2. The second kappa shape index (κ2) is 4.73. The number of morpholine rings is 1. The zero-order valence-electron chi connectivity index (χ0n) is 12.2. The highest BCUT2D eigenvalue weighted by atomic mass is 16.7. The fourth-order valence-corrected chi connectivity index (χ4v) is 3.67. The van der Waals surface area contributed by atoms with E-state index in [1.807, 2.05) is 0 Å². The SMILES string of the molecule is c1ccc(CN2CC3OC(C2)c2cc4c(cc23)OCO4)cc1. The van der Waals surface area contributed by atoms with E-state index in [0.717, 1.165) is 31.1 Å². The molecule has 2 bridgehead atoms. The second-order valence-electron chi connectivity index (χ2n) is 6.13. The fourth-order valence-electron chi connectivity index (χ4n) is 3.67. The van der Waals surface area contributed by atoms with Gasteiger partial charge in [-0.1, -0.05) is 30.3 Å². The number of benzene rings is 2. The van der Waals surface area contributed by atoms with Crippen molar-refractivity contribution in [3.63, 3.8) is 0 Å².